The van der Waals surface area contributed by atoms with Crippen molar-refractivity contribution in [3.05, 3.63) is 69.9 Å². The minimum absolute atomic E-state index is 0.104. The third kappa shape index (κ3) is 4.47. The van der Waals surface area contributed by atoms with Gasteiger partial charge in [0.2, 0.25) is 0 Å². The number of allylic oxidation sites excluding steroid dienone is 3. The number of nitriles is 1. The number of anilines is 1. The lowest BCUT2D eigenvalue weighted by Crippen LogP contribution is -2.42. The zero-order valence-corrected chi connectivity index (χ0v) is 20.7. The molecular formula is C26H26F3N3O2S. The topological polar surface area (TPSA) is 83.3 Å². The standard InChI is InChI=1S/C26H26F3N3O2S/c1-5-35-24-17(10-14(2)34-24)21-18(13-30)23(31)32(16-8-6-15(7-9-16)26(27,28)29)19-11-25(3,4)12-20(33)22(19)21/h6-10,21H,5,11-12,31H2,1-4H3. The number of hydrogen-bond donors (Lipinski definition) is 1. The van der Waals surface area contributed by atoms with E-state index in [1.165, 1.54) is 23.9 Å². The van der Waals surface area contributed by atoms with Gasteiger partial charge in [0, 0.05) is 28.9 Å². The largest absolute Gasteiger partial charge is 0.455 e. The van der Waals surface area contributed by atoms with E-state index < -0.39 is 17.7 Å². The van der Waals surface area contributed by atoms with E-state index in [1.807, 2.05) is 26.8 Å². The molecule has 0 amide bonds. The van der Waals surface area contributed by atoms with Crippen LogP contribution in [0, 0.1) is 23.7 Å². The van der Waals surface area contributed by atoms with Gasteiger partial charge in [-0.05, 0) is 54.8 Å². The summed E-state index contributed by atoms with van der Waals surface area (Å²) in [6.07, 6.45) is -3.72. The van der Waals surface area contributed by atoms with Gasteiger partial charge in [-0.2, -0.15) is 18.4 Å². The van der Waals surface area contributed by atoms with Gasteiger partial charge < -0.3 is 10.2 Å². The molecule has 1 aliphatic carbocycles. The molecule has 0 saturated heterocycles. The minimum atomic E-state index is -4.48. The third-order valence-electron chi connectivity index (χ3n) is 6.27. The van der Waals surface area contributed by atoms with Crippen LogP contribution in [-0.4, -0.2) is 11.5 Å². The Labute approximate surface area is 206 Å². The summed E-state index contributed by atoms with van der Waals surface area (Å²) in [5.74, 6) is 0.689. The number of rotatable bonds is 4. The lowest BCUT2D eigenvalue weighted by Gasteiger charge is -2.43. The zero-order valence-electron chi connectivity index (χ0n) is 19.9. The van der Waals surface area contributed by atoms with E-state index in [9.17, 15) is 23.2 Å². The van der Waals surface area contributed by atoms with Gasteiger partial charge in [-0.1, -0.05) is 32.5 Å². The second-order valence-electron chi connectivity index (χ2n) is 9.56. The fraction of sp³-hybridized carbons (Fsp3) is 0.385. The van der Waals surface area contributed by atoms with E-state index in [1.54, 1.807) is 11.8 Å². The highest BCUT2D eigenvalue weighted by atomic mass is 32.2. The number of benzene rings is 1. The predicted octanol–water partition coefficient (Wildman–Crippen LogP) is 6.66. The first kappa shape index (κ1) is 25.0. The summed E-state index contributed by atoms with van der Waals surface area (Å²) in [6, 6.07) is 8.62. The van der Waals surface area contributed by atoms with E-state index >= 15 is 0 Å². The van der Waals surface area contributed by atoms with Gasteiger partial charge in [0.05, 0.1) is 23.1 Å². The van der Waals surface area contributed by atoms with Crippen molar-refractivity contribution in [3.8, 4) is 6.07 Å². The van der Waals surface area contributed by atoms with E-state index in [0.717, 1.165) is 17.9 Å². The van der Waals surface area contributed by atoms with Crippen LogP contribution in [0.25, 0.3) is 0 Å². The first-order valence-electron chi connectivity index (χ1n) is 11.2. The number of Topliss-reactive ketones (excluding diaryl/α,β-unsaturated/α-hetero) is 1. The van der Waals surface area contributed by atoms with Crippen molar-refractivity contribution in [1.82, 2.24) is 0 Å². The predicted molar refractivity (Wildman–Crippen MR) is 128 cm³/mol. The molecule has 0 fully saturated rings. The molecule has 184 valence electrons. The molecule has 0 radical (unpaired) electrons. The molecule has 2 N–H and O–H groups in total. The number of furan rings is 1. The quantitative estimate of drug-likeness (QED) is 0.472. The number of hydrogen-bond acceptors (Lipinski definition) is 6. The van der Waals surface area contributed by atoms with Crippen molar-refractivity contribution in [2.75, 3.05) is 10.7 Å². The Bertz CT molecular complexity index is 1280. The van der Waals surface area contributed by atoms with Crippen LogP contribution in [0.2, 0.25) is 0 Å². The van der Waals surface area contributed by atoms with Crippen LogP contribution in [0.15, 0.2) is 62.5 Å². The first-order valence-corrected chi connectivity index (χ1v) is 12.2. The first-order chi connectivity index (χ1) is 16.4. The van der Waals surface area contributed by atoms with Gasteiger partial charge in [0.25, 0.3) is 0 Å². The van der Waals surface area contributed by atoms with E-state index in [0.29, 0.717) is 39.8 Å². The number of nitrogens with zero attached hydrogens (tertiary/aromatic N) is 2. The molecule has 0 bridgehead atoms. The van der Waals surface area contributed by atoms with E-state index in [2.05, 4.69) is 6.07 Å². The SMILES string of the molecule is CCSc1oc(C)cc1C1C(C#N)=C(N)N(c2ccc(C(F)(F)F)cc2)C2=C1C(=O)CC(C)(C)C2. The molecule has 9 heteroatoms. The van der Waals surface area contributed by atoms with Gasteiger partial charge in [-0.3, -0.25) is 9.69 Å². The van der Waals surface area contributed by atoms with E-state index in [4.69, 9.17) is 10.2 Å². The maximum atomic E-state index is 13.6. The highest BCUT2D eigenvalue weighted by molar-refractivity contribution is 7.99. The molecule has 0 spiro atoms. The Kier molecular flexibility index (Phi) is 6.30. The molecular weight excluding hydrogens is 475 g/mol. The summed E-state index contributed by atoms with van der Waals surface area (Å²) in [5.41, 5.74) is 7.71. The maximum Gasteiger partial charge on any atom is 0.416 e. The van der Waals surface area contributed by atoms with Crippen LogP contribution < -0.4 is 10.6 Å². The van der Waals surface area contributed by atoms with Crippen LogP contribution in [0.1, 0.15) is 56.4 Å². The van der Waals surface area contributed by atoms with Gasteiger partial charge in [0.1, 0.15) is 11.6 Å². The summed E-state index contributed by atoms with van der Waals surface area (Å²) in [4.78, 5) is 15.2. The van der Waals surface area contributed by atoms with Gasteiger partial charge in [-0.25, -0.2) is 0 Å². The molecule has 1 aromatic carbocycles. The van der Waals surface area contributed by atoms with Crippen LogP contribution in [0.3, 0.4) is 0 Å². The zero-order chi connectivity index (χ0) is 25.7. The number of nitrogens with two attached hydrogens (primary N) is 1. The van der Waals surface area contributed by atoms with Gasteiger partial charge in [0.15, 0.2) is 10.9 Å². The summed E-state index contributed by atoms with van der Waals surface area (Å²) in [6.45, 7) is 7.72. The molecule has 5 nitrogen and oxygen atoms in total. The summed E-state index contributed by atoms with van der Waals surface area (Å²) < 4.78 is 45.4. The molecule has 0 saturated carbocycles. The monoisotopic (exact) mass is 501 g/mol. The highest BCUT2D eigenvalue weighted by Gasteiger charge is 2.46. The Balaban J connectivity index is 1.96. The molecule has 1 aromatic heterocycles. The molecule has 1 aliphatic heterocycles. The fourth-order valence-electron chi connectivity index (χ4n) is 4.87. The second kappa shape index (κ2) is 8.83. The maximum absolute atomic E-state index is 13.6. The lowest BCUT2D eigenvalue weighted by atomic mass is 9.69. The Hall–Kier alpha value is -3.12. The number of halogens is 3. The van der Waals surface area contributed by atoms with Gasteiger partial charge >= 0.3 is 6.18 Å². The van der Waals surface area contributed by atoms with Crippen molar-refractivity contribution in [2.45, 2.75) is 57.7 Å². The number of carbonyl (C=O) groups is 1. The lowest BCUT2D eigenvalue weighted by molar-refractivity contribution is -0.137. The Morgan fingerprint density at radius 2 is 1.91 bits per heavy atom. The molecule has 1 atom stereocenters. The Morgan fingerprint density at radius 3 is 2.49 bits per heavy atom. The van der Waals surface area contributed by atoms with Crippen molar-refractivity contribution in [1.29, 1.82) is 5.26 Å². The van der Waals surface area contributed by atoms with Crippen LogP contribution in [-0.2, 0) is 11.0 Å². The smallest absolute Gasteiger partial charge is 0.416 e. The normalized spacial score (nSPS) is 20.2. The number of ketones is 1. The molecule has 1 unspecified atom stereocenters. The van der Waals surface area contributed by atoms with Crippen molar-refractivity contribution >= 4 is 23.2 Å². The average molecular weight is 502 g/mol. The molecule has 2 aliphatic rings. The minimum Gasteiger partial charge on any atom is -0.455 e. The molecule has 2 heterocycles. The highest BCUT2D eigenvalue weighted by Crippen LogP contribution is 2.52. The Morgan fingerprint density at radius 1 is 1.26 bits per heavy atom. The summed E-state index contributed by atoms with van der Waals surface area (Å²) in [7, 11) is 0. The fourth-order valence-corrected chi connectivity index (χ4v) is 5.67. The molecule has 35 heavy (non-hydrogen) atoms. The van der Waals surface area contributed by atoms with Crippen LogP contribution in [0.5, 0.6) is 0 Å². The second-order valence-corrected chi connectivity index (χ2v) is 10.8. The van der Waals surface area contributed by atoms with Crippen LogP contribution >= 0.6 is 11.8 Å². The summed E-state index contributed by atoms with van der Waals surface area (Å²) in [5, 5.41) is 10.8. The number of aryl methyl sites for hydroxylation is 1. The van der Waals surface area contributed by atoms with Crippen molar-refractivity contribution in [3.63, 3.8) is 0 Å². The molecule has 4 rings (SSSR count). The van der Waals surface area contributed by atoms with Gasteiger partial charge in [-0.15, -0.1) is 0 Å². The van der Waals surface area contributed by atoms with Crippen molar-refractivity contribution in [2.24, 2.45) is 11.1 Å². The summed E-state index contributed by atoms with van der Waals surface area (Å²) >= 11 is 1.48. The number of thioether (sulfide) groups is 1. The third-order valence-corrected chi connectivity index (χ3v) is 7.14. The van der Waals surface area contributed by atoms with Crippen molar-refractivity contribution < 1.29 is 22.4 Å². The molecule has 2 aromatic rings. The van der Waals surface area contributed by atoms with Crippen LogP contribution in [0.4, 0.5) is 18.9 Å². The number of carbonyl (C=O) groups excluding carboxylic acids is 1. The average Bonchev–Trinajstić information content (AvgIpc) is 3.11. The van der Waals surface area contributed by atoms with E-state index in [-0.39, 0.29) is 29.0 Å². The number of alkyl halides is 3.